The highest BCUT2D eigenvalue weighted by Crippen LogP contribution is 2.60. The molecule has 0 radical (unpaired) electrons. The van der Waals surface area contributed by atoms with Crippen molar-refractivity contribution in [2.75, 3.05) is 13.2 Å². The van der Waals surface area contributed by atoms with E-state index in [2.05, 4.69) is 22.2 Å². The molecule has 1 saturated carbocycles. The number of aldehydes is 1. The summed E-state index contributed by atoms with van der Waals surface area (Å²) in [5.74, 6) is -1.59. The van der Waals surface area contributed by atoms with Crippen LogP contribution in [0.1, 0.15) is 104 Å². The number of nitrogens with one attached hydrogen (secondary N) is 3. The summed E-state index contributed by atoms with van der Waals surface area (Å²) >= 11 is 0. The van der Waals surface area contributed by atoms with Crippen molar-refractivity contribution >= 4 is 23.9 Å². The molecule has 1 aromatic rings. The Hall–Kier alpha value is -3.14. The Kier molecular flexibility index (Phi) is 13.7. The van der Waals surface area contributed by atoms with Gasteiger partial charge < -0.3 is 20.0 Å². The van der Waals surface area contributed by atoms with Crippen molar-refractivity contribution in [3.05, 3.63) is 59.3 Å². The highest BCUT2D eigenvalue weighted by Gasteiger charge is 2.54. The van der Waals surface area contributed by atoms with Gasteiger partial charge in [0, 0.05) is 18.4 Å². The van der Waals surface area contributed by atoms with E-state index in [-0.39, 0.29) is 35.7 Å². The lowest BCUT2D eigenvalue weighted by molar-refractivity contribution is -0.152. The lowest BCUT2D eigenvalue weighted by atomic mass is 9.90. The summed E-state index contributed by atoms with van der Waals surface area (Å²) in [5.41, 5.74) is 6.89. The normalized spacial score (nSPS) is 24.7. The molecule has 3 rings (SSSR count). The number of ether oxygens (including phenoxy) is 1. The molecule has 1 aromatic carbocycles. The number of esters is 1. The number of hydrogen-bond donors (Lipinski definition) is 4. The molecule has 248 valence electrons. The lowest BCUT2D eigenvalue weighted by Crippen LogP contribution is -2.59. The van der Waals surface area contributed by atoms with Crippen LogP contribution >= 0.6 is 0 Å². The lowest BCUT2D eigenvalue weighted by Gasteiger charge is -2.32. The SMILES string of the molecule is CC(C)=C(NC(=O)[C@@H](C)[C@@H](O)[C@@H](C)C/C=C/CCCCOC(=O)C1(C)CCCNN1)C(=O)CC[C@]1(C=O)CC1c1ccccc1. The Morgan fingerprint density at radius 1 is 1.13 bits per heavy atom. The number of rotatable bonds is 18. The predicted octanol–water partition coefficient (Wildman–Crippen LogP) is 5.06. The van der Waals surface area contributed by atoms with Crippen LogP contribution in [0.4, 0.5) is 0 Å². The number of hydrazine groups is 1. The first-order chi connectivity index (χ1) is 21.4. The highest BCUT2D eigenvalue weighted by atomic mass is 16.5. The standard InChI is InChI=1S/C36H53N3O6/c1-25(2)31(30(41)18-20-36(24-40)23-29(36)28-16-11-9-12-17-28)38-33(43)27(4)32(42)26(3)15-10-7-6-8-13-22-45-34(44)35(5)19-14-21-37-39-35/h7,9-12,16-17,24,26-27,29,32,37,39,42H,6,8,13-15,18-23H2,1-5H3,(H,38,43)/b10-7+/t26-,27-,29?,32-,35?,36+/m0/s1. The minimum atomic E-state index is -0.886. The van der Waals surface area contributed by atoms with Gasteiger partial charge in [-0.3, -0.25) is 19.8 Å². The monoisotopic (exact) mass is 623 g/mol. The number of benzene rings is 1. The average Bonchev–Trinajstić information content (AvgIpc) is 3.78. The van der Waals surface area contributed by atoms with Gasteiger partial charge in [-0.2, -0.15) is 0 Å². The summed E-state index contributed by atoms with van der Waals surface area (Å²) in [7, 11) is 0. The number of hydrogen-bond acceptors (Lipinski definition) is 8. The van der Waals surface area contributed by atoms with Crippen LogP contribution in [0.25, 0.3) is 0 Å². The molecule has 2 unspecified atom stereocenters. The van der Waals surface area contributed by atoms with Crippen molar-refractivity contribution in [1.29, 1.82) is 0 Å². The van der Waals surface area contributed by atoms with Crippen LogP contribution in [0.5, 0.6) is 0 Å². The van der Waals surface area contributed by atoms with E-state index in [1.54, 1.807) is 20.8 Å². The van der Waals surface area contributed by atoms with E-state index >= 15 is 0 Å². The summed E-state index contributed by atoms with van der Waals surface area (Å²) in [5, 5.41) is 13.7. The van der Waals surface area contributed by atoms with Crippen LogP contribution in [-0.2, 0) is 23.9 Å². The topological polar surface area (TPSA) is 134 Å². The molecule has 0 aromatic heterocycles. The van der Waals surface area contributed by atoms with Crippen molar-refractivity contribution in [2.24, 2.45) is 17.3 Å². The molecular formula is C36H53N3O6. The fraction of sp³-hybridized carbons (Fsp3) is 0.611. The summed E-state index contributed by atoms with van der Waals surface area (Å²) in [4.78, 5) is 50.6. The number of carbonyl (C=O) groups excluding carboxylic acids is 4. The van der Waals surface area contributed by atoms with Gasteiger partial charge in [0.05, 0.1) is 24.3 Å². The van der Waals surface area contributed by atoms with Gasteiger partial charge in [-0.1, -0.05) is 56.3 Å². The number of aliphatic hydroxyl groups excluding tert-OH is 1. The zero-order chi connectivity index (χ0) is 33.0. The van der Waals surface area contributed by atoms with E-state index in [1.165, 1.54) is 0 Å². The zero-order valence-corrected chi connectivity index (χ0v) is 27.7. The van der Waals surface area contributed by atoms with Crippen LogP contribution in [0.3, 0.4) is 0 Å². The molecule has 45 heavy (non-hydrogen) atoms. The molecule has 0 spiro atoms. The molecule has 1 aliphatic carbocycles. The van der Waals surface area contributed by atoms with Crippen molar-refractivity contribution in [3.63, 3.8) is 0 Å². The molecule has 0 bridgehead atoms. The molecular weight excluding hydrogens is 570 g/mol. The summed E-state index contributed by atoms with van der Waals surface area (Å²) in [6, 6.07) is 9.88. The molecule has 6 atom stereocenters. The Morgan fingerprint density at radius 3 is 2.51 bits per heavy atom. The van der Waals surface area contributed by atoms with Gasteiger partial charge in [-0.15, -0.1) is 0 Å². The van der Waals surface area contributed by atoms with Gasteiger partial charge in [-0.25, -0.2) is 5.43 Å². The summed E-state index contributed by atoms with van der Waals surface area (Å²) < 4.78 is 5.45. The molecule has 2 fully saturated rings. The van der Waals surface area contributed by atoms with Crippen molar-refractivity contribution in [3.8, 4) is 0 Å². The summed E-state index contributed by atoms with van der Waals surface area (Å²) in [6.07, 6.45) is 10.2. The van der Waals surface area contributed by atoms with E-state index in [9.17, 15) is 24.3 Å². The van der Waals surface area contributed by atoms with Gasteiger partial charge in [0.2, 0.25) is 5.91 Å². The number of amides is 1. The Balaban J connectivity index is 1.37. The van der Waals surface area contributed by atoms with Crippen LogP contribution in [0.2, 0.25) is 0 Å². The second kappa shape index (κ2) is 17.0. The van der Waals surface area contributed by atoms with E-state index in [0.717, 1.165) is 56.9 Å². The van der Waals surface area contributed by atoms with Gasteiger partial charge in [0.15, 0.2) is 5.78 Å². The molecule has 1 saturated heterocycles. The van der Waals surface area contributed by atoms with Crippen LogP contribution in [0.15, 0.2) is 53.8 Å². The fourth-order valence-electron chi connectivity index (χ4n) is 6.01. The third kappa shape index (κ3) is 10.2. The first kappa shape index (κ1) is 36.3. The number of Topliss-reactive ketones (excluding diaryl/α,β-unsaturated/α-hetero) is 1. The van der Waals surface area contributed by atoms with Crippen molar-refractivity contribution in [2.45, 2.75) is 110 Å². The van der Waals surface area contributed by atoms with Crippen LogP contribution in [-0.4, -0.2) is 53.8 Å². The van der Waals surface area contributed by atoms with E-state index in [0.29, 0.717) is 25.0 Å². The first-order valence-corrected chi connectivity index (χ1v) is 16.5. The highest BCUT2D eigenvalue weighted by molar-refractivity contribution is 6.00. The second-order valence-electron chi connectivity index (χ2n) is 13.4. The number of unbranched alkanes of at least 4 members (excludes halogenated alkanes) is 2. The molecule has 4 N–H and O–H groups in total. The van der Waals surface area contributed by atoms with Crippen molar-refractivity contribution in [1.82, 2.24) is 16.2 Å². The first-order valence-electron chi connectivity index (χ1n) is 16.5. The number of carbonyl (C=O) groups is 4. The Morgan fingerprint density at radius 2 is 1.87 bits per heavy atom. The molecule has 1 heterocycles. The van der Waals surface area contributed by atoms with E-state index in [4.69, 9.17) is 4.74 Å². The number of aliphatic hydroxyl groups is 1. The van der Waals surface area contributed by atoms with Gasteiger partial charge in [0.25, 0.3) is 0 Å². The van der Waals surface area contributed by atoms with Gasteiger partial charge >= 0.3 is 5.97 Å². The summed E-state index contributed by atoms with van der Waals surface area (Å²) in [6.45, 7) is 10.2. The number of allylic oxidation sites excluding steroid dienone is 4. The fourth-order valence-corrected chi connectivity index (χ4v) is 6.01. The Bertz CT molecular complexity index is 1220. The predicted molar refractivity (Wildman–Crippen MR) is 175 cm³/mol. The van der Waals surface area contributed by atoms with Crippen LogP contribution < -0.4 is 16.2 Å². The average molecular weight is 624 g/mol. The smallest absolute Gasteiger partial charge is 0.327 e. The number of ketones is 1. The van der Waals surface area contributed by atoms with E-state index in [1.807, 2.05) is 50.3 Å². The zero-order valence-electron chi connectivity index (χ0n) is 27.7. The van der Waals surface area contributed by atoms with Crippen molar-refractivity contribution < 1.29 is 29.0 Å². The largest absolute Gasteiger partial charge is 0.464 e. The second-order valence-corrected chi connectivity index (χ2v) is 13.4. The van der Waals surface area contributed by atoms with E-state index < -0.39 is 28.9 Å². The third-order valence-electron chi connectivity index (χ3n) is 9.37. The quantitative estimate of drug-likeness (QED) is 0.0587. The third-order valence-corrected chi connectivity index (χ3v) is 9.37. The molecule has 1 aliphatic heterocycles. The maximum absolute atomic E-state index is 13.2. The minimum Gasteiger partial charge on any atom is -0.464 e. The van der Waals surface area contributed by atoms with Gasteiger partial charge in [-0.05, 0) is 95.1 Å². The molecule has 1 amide bonds. The maximum Gasteiger partial charge on any atom is 0.327 e. The molecule has 9 nitrogen and oxygen atoms in total. The maximum atomic E-state index is 13.2. The minimum absolute atomic E-state index is 0.120. The molecule has 2 aliphatic rings. The van der Waals surface area contributed by atoms with Crippen LogP contribution in [0, 0.1) is 17.3 Å². The molecule has 9 heteroatoms. The van der Waals surface area contributed by atoms with Gasteiger partial charge in [0.1, 0.15) is 11.8 Å². The Labute approximate surface area is 268 Å².